The van der Waals surface area contributed by atoms with Crippen LogP contribution in [0.5, 0.6) is 0 Å². The fourth-order valence-electron chi connectivity index (χ4n) is 1.41. The van der Waals surface area contributed by atoms with E-state index in [1.54, 1.807) is 12.4 Å². The first-order valence-corrected chi connectivity index (χ1v) is 5.89. The summed E-state index contributed by atoms with van der Waals surface area (Å²) in [6, 6.07) is 3.77. The first kappa shape index (κ1) is 11.5. The lowest BCUT2D eigenvalue weighted by Crippen LogP contribution is -2.09. The van der Waals surface area contributed by atoms with Gasteiger partial charge in [0.25, 0.3) is 0 Å². The van der Waals surface area contributed by atoms with Gasteiger partial charge in [0.2, 0.25) is 0 Å². The highest BCUT2D eigenvalue weighted by molar-refractivity contribution is 7.14. The second kappa shape index (κ2) is 4.92. The number of carboxylic acid groups (broad SMARTS) is 1. The van der Waals surface area contributed by atoms with Gasteiger partial charge in [-0.25, -0.2) is 9.78 Å². The average Bonchev–Trinajstić information content (AvgIpc) is 2.78. The minimum absolute atomic E-state index is 0.0118. The first-order valence-electron chi connectivity index (χ1n) is 5.01. The molecule has 0 radical (unpaired) electrons. The van der Waals surface area contributed by atoms with E-state index in [1.807, 2.05) is 19.1 Å². The van der Waals surface area contributed by atoms with Crippen LogP contribution in [0.4, 0.5) is 5.00 Å². The summed E-state index contributed by atoms with van der Waals surface area (Å²) in [6.45, 7) is 1.95. The summed E-state index contributed by atoms with van der Waals surface area (Å²) in [4.78, 5) is 18.7. The minimum atomic E-state index is -1.02. The van der Waals surface area contributed by atoms with Crippen LogP contribution in [0.25, 0.3) is 0 Å². The van der Waals surface area contributed by atoms with Gasteiger partial charge in [0.1, 0.15) is 5.00 Å². The third-order valence-electron chi connectivity index (χ3n) is 2.30. The lowest BCUT2D eigenvalue weighted by molar-refractivity contribution is 0.0692. The van der Waals surface area contributed by atoms with E-state index in [-0.39, 0.29) is 11.7 Å². The van der Waals surface area contributed by atoms with Crippen LogP contribution in [0.15, 0.2) is 30.0 Å². The summed E-state index contributed by atoms with van der Waals surface area (Å²) >= 11 is 1.28. The molecule has 0 spiro atoms. The molecule has 0 aliphatic rings. The summed E-state index contributed by atoms with van der Waals surface area (Å²) in [5.74, 6) is -1.02. The molecule has 17 heavy (non-hydrogen) atoms. The molecule has 0 bridgehead atoms. The van der Waals surface area contributed by atoms with Crippen molar-refractivity contribution in [2.75, 3.05) is 5.32 Å². The van der Waals surface area contributed by atoms with Gasteiger partial charge >= 0.3 is 5.97 Å². The maximum Gasteiger partial charge on any atom is 0.357 e. The number of hydrogen-bond acceptors (Lipinski definition) is 5. The zero-order chi connectivity index (χ0) is 12.3. The summed E-state index contributed by atoms with van der Waals surface area (Å²) < 4.78 is 0. The zero-order valence-corrected chi connectivity index (χ0v) is 9.94. The van der Waals surface area contributed by atoms with Crippen molar-refractivity contribution in [3.05, 3.63) is 41.3 Å². The van der Waals surface area contributed by atoms with E-state index in [4.69, 9.17) is 5.11 Å². The van der Waals surface area contributed by atoms with E-state index in [1.165, 1.54) is 16.8 Å². The van der Waals surface area contributed by atoms with Crippen LogP contribution in [-0.2, 0) is 0 Å². The van der Waals surface area contributed by atoms with Gasteiger partial charge in [-0.2, -0.15) is 0 Å². The normalized spacial score (nSPS) is 12.1. The van der Waals surface area contributed by atoms with E-state index < -0.39 is 5.97 Å². The van der Waals surface area contributed by atoms with Crippen LogP contribution >= 0.6 is 11.3 Å². The van der Waals surface area contributed by atoms with Gasteiger partial charge in [-0.15, -0.1) is 11.3 Å². The lowest BCUT2D eigenvalue weighted by atomic mass is 10.1. The van der Waals surface area contributed by atoms with Crippen molar-refractivity contribution < 1.29 is 9.90 Å². The Kier molecular flexibility index (Phi) is 3.34. The van der Waals surface area contributed by atoms with Crippen LogP contribution in [0, 0.1) is 0 Å². The molecular weight excluding hydrogens is 238 g/mol. The number of carbonyl (C=O) groups is 1. The average molecular weight is 249 g/mol. The molecular formula is C11H11N3O2S. The highest BCUT2D eigenvalue weighted by Crippen LogP contribution is 2.25. The maximum absolute atomic E-state index is 10.9. The largest absolute Gasteiger partial charge is 0.476 e. The highest BCUT2D eigenvalue weighted by Gasteiger charge is 2.15. The summed E-state index contributed by atoms with van der Waals surface area (Å²) in [6.07, 6.45) is 3.45. The number of aromatic nitrogens is 2. The topological polar surface area (TPSA) is 75.1 Å². The third kappa shape index (κ3) is 2.59. The SMILES string of the molecule is CC(Nc1scnc1C(=O)O)c1cccnc1. The van der Waals surface area contributed by atoms with Crippen molar-refractivity contribution in [2.45, 2.75) is 13.0 Å². The Balaban J connectivity index is 2.16. The number of rotatable bonds is 4. The number of thiazole rings is 1. The van der Waals surface area contributed by atoms with Crippen molar-refractivity contribution >= 4 is 22.3 Å². The number of anilines is 1. The molecule has 0 fully saturated rings. The monoisotopic (exact) mass is 249 g/mol. The number of carboxylic acids is 1. The van der Waals surface area contributed by atoms with E-state index in [9.17, 15) is 4.79 Å². The molecule has 2 heterocycles. The first-order chi connectivity index (χ1) is 8.18. The van der Waals surface area contributed by atoms with E-state index >= 15 is 0 Å². The molecule has 0 saturated heterocycles. The summed E-state index contributed by atoms with van der Waals surface area (Å²) in [5, 5.41) is 12.6. The molecule has 2 N–H and O–H groups in total. The predicted octanol–water partition coefficient (Wildman–Crippen LogP) is 2.41. The Morgan fingerprint density at radius 3 is 3.06 bits per heavy atom. The van der Waals surface area contributed by atoms with E-state index in [0.717, 1.165) is 5.56 Å². The molecule has 0 aromatic carbocycles. The van der Waals surface area contributed by atoms with Gasteiger partial charge in [-0.1, -0.05) is 6.07 Å². The number of pyridine rings is 1. The van der Waals surface area contributed by atoms with Crippen molar-refractivity contribution in [3.8, 4) is 0 Å². The van der Waals surface area contributed by atoms with Crippen molar-refractivity contribution in [3.63, 3.8) is 0 Å². The fourth-order valence-corrected chi connectivity index (χ4v) is 2.17. The number of hydrogen-bond donors (Lipinski definition) is 2. The smallest absolute Gasteiger partial charge is 0.357 e. The lowest BCUT2D eigenvalue weighted by Gasteiger charge is -2.13. The Morgan fingerprint density at radius 1 is 1.59 bits per heavy atom. The Labute approximate surface area is 102 Å². The van der Waals surface area contributed by atoms with Gasteiger partial charge in [0.15, 0.2) is 5.69 Å². The fraction of sp³-hybridized carbons (Fsp3) is 0.182. The van der Waals surface area contributed by atoms with Crippen LogP contribution in [0.2, 0.25) is 0 Å². The molecule has 5 nitrogen and oxygen atoms in total. The molecule has 2 rings (SSSR count). The molecule has 88 valence electrons. The summed E-state index contributed by atoms with van der Waals surface area (Å²) in [5.41, 5.74) is 2.57. The Hall–Kier alpha value is -1.95. The van der Waals surface area contributed by atoms with Gasteiger partial charge in [0.05, 0.1) is 11.6 Å². The predicted molar refractivity (Wildman–Crippen MR) is 65.3 cm³/mol. The molecule has 0 aliphatic heterocycles. The zero-order valence-electron chi connectivity index (χ0n) is 9.12. The molecule has 0 saturated carbocycles. The molecule has 2 aromatic rings. The molecule has 0 amide bonds. The number of aromatic carboxylic acids is 1. The van der Waals surface area contributed by atoms with Crippen LogP contribution < -0.4 is 5.32 Å². The van der Waals surface area contributed by atoms with Crippen molar-refractivity contribution in [1.29, 1.82) is 0 Å². The molecule has 2 aromatic heterocycles. The van der Waals surface area contributed by atoms with Gasteiger partial charge in [-0.05, 0) is 18.6 Å². The van der Waals surface area contributed by atoms with Gasteiger partial charge in [0, 0.05) is 12.4 Å². The Bertz CT molecular complexity index is 512. The third-order valence-corrected chi connectivity index (χ3v) is 3.06. The standard InChI is InChI=1S/C11H11N3O2S/c1-7(8-3-2-4-12-5-8)14-10-9(11(15)16)13-6-17-10/h2-7,14H,1H3,(H,15,16). The van der Waals surface area contributed by atoms with Crippen LogP contribution in [-0.4, -0.2) is 21.0 Å². The molecule has 1 atom stereocenters. The molecule has 6 heteroatoms. The van der Waals surface area contributed by atoms with Crippen LogP contribution in [0.3, 0.4) is 0 Å². The maximum atomic E-state index is 10.9. The molecule has 0 aliphatic carbocycles. The molecule has 1 unspecified atom stereocenters. The van der Waals surface area contributed by atoms with Gasteiger partial charge < -0.3 is 10.4 Å². The summed E-state index contributed by atoms with van der Waals surface area (Å²) in [7, 11) is 0. The Morgan fingerprint density at radius 2 is 2.41 bits per heavy atom. The van der Waals surface area contributed by atoms with Crippen LogP contribution in [0.1, 0.15) is 29.0 Å². The van der Waals surface area contributed by atoms with E-state index in [0.29, 0.717) is 5.00 Å². The van der Waals surface area contributed by atoms with Gasteiger partial charge in [-0.3, -0.25) is 4.98 Å². The highest BCUT2D eigenvalue weighted by atomic mass is 32.1. The second-order valence-corrected chi connectivity index (χ2v) is 4.34. The number of nitrogens with one attached hydrogen (secondary N) is 1. The van der Waals surface area contributed by atoms with E-state index in [2.05, 4.69) is 15.3 Å². The van der Waals surface area contributed by atoms with Crippen molar-refractivity contribution in [1.82, 2.24) is 9.97 Å². The van der Waals surface area contributed by atoms with Crippen molar-refractivity contribution in [2.24, 2.45) is 0 Å². The second-order valence-electron chi connectivity index (χ2n) is 3.49. The quantitative estimate of drug-likeness (QED) is 0.870. The minimum Gasteiger partial charge on any atom is -0.476 e. The number of nitrogens with zero attached hydrogens (tertiary/aromatic N) is 2.